The predicted octanol–water partition coefficient (Wildman–Crippen LogP) is 3.03. The molecule has 0 radical (unpaired) electrons. The lowest BCUT2D eigenvalue weighted by molar-refractivity contribution is -0.143. The summed E-state index contributed by atoms with van der Waals surface area (Å²) in [6, 6.07) is 5.87. The van der Waals surface area contributed by atoms with Gasteiger partial charge in [-0.1, -0.05) is 25.4 Å². The van der Waals surface area contributed by atoms with E-state index >= 15 is 0 Å². The number of rotatable bonds is 5. The van der Waals surface area contributed by atoms with Crippen LogP contribution in [0.4, 0.5) is 0 Å². The Bertz CT molecular complexity index is 1340. The van der Waals surface area contributed by atoms with Crippen molar-refractivity contribution in [1.29, 1.82) is 0 Å². The van der Waals surface area contributed by atoms with Crippen molar-refractivity contribution in [3.05, 3.63) is 52.4 Å². The van der Waals surface area contributed by atoms with Gasteiger partial charge in [-0.2, -0.15) is 5.10 Å². The van der Waals surface area contributed by atoms with E-state index < -0.39 is 0 Å². The number of likely N-dealkylation sites (tertiary alicyclic amines) is 1. The number of benzene rings is 1. The van der Waals surface area contributed by atoms with Crippen LogP contribution in [0.1, 0.15) is 30.5 Å². The Hall–Kier alpha value is -2.81. The molecule has 6 rings (SSSR count). The van der Waals surface area contributed by atoms with Gasteiger partial charge in [0.2, 0.25) is 11.8 Å². The molecule has 3 atom stereocenters. The van der Waals surface area contributed by atoms with Crippen molar-refractivity contribution >= 4 is 28.9 Å². The topological polar surface area (TPSA) is 88.8 Å². The van der Waals surface area contributed by atoms with Crippen LogP contribution in [0.5, 0.6) is 0 Å². The zero-order chi connectivity index (χ0) is 24.5. The lowest BCUT2D eigenvalue weighted by Gasteiger charge is -2.25. The largest absolute Gasteiger partial charge is 0.375 e. The lowest BCUT2D eigenvalue weighted by Crippen LogP contribution is -2.39. The minimum atomic E-state index is -0.215. The molecule has 2 saturated heterocycles. The van der Waals surface area contributed by atoms with E-state index in [9.17, 15) is 9.59 Å². The molecule has 0 bridgehead atoms. The molecule has 2 aromatic heterocycles. The van der Waals surface area contributed by atoms with Crippen LogP contribution in [0.3, 0.4) is 0 Å². The number of hydrogen-bond acceptors (Lipinski definition) is 6. The minimum absolute atomic E-state index is 0.0691. The number of nitrogens with one attached hydrogen (secondary N) is 1. The Labute approximate surface area is 208 Å². The standard InChI is InChI=1S/C26H28ClN5O3/c1-14-6-16(27)8-19(18(14)9-17-10-28-4-5-35-17)23-20-7-15(12-32(20)30-13-29-23)11-31-24(33)21-22(25(31)34)26(21,2)3/h6-8,12-13,17,21-22,28H,4-5,9-11H2,1-3H3/t17-,21?,22?/m1/s1. The number of aromatic nitrogens is 3. The Morgan fingerprint density at radius 3 is 2.69 bits per heavy atom. The third-order valence-corrected chi connectivity index (χ3v) is 8.04. The molecule has 3 aliphatic rings. The molecule has 3 fully saturated rings. The number of carbonyl (C=O) groups excluding carboxylic acids is 2. The van der Waals surface area contributed by atoms with Gasteiger partial charge < -0.3 is 10.1 Å². The van der Waals surface area contributed by atoms with E-state index in [4.69, 9.17) is 16.3 Å². The smallest absolute Gasteiger partial charge is 0.233 e. The van der Waals surface area contributed by atoms with E-state index in [-0.39, 0.29) is 41.7 Å². The van der Waals surface area contributed by atoms with Gasteiger partial charge in [0, 0.05) is 36.3 Å². The summed E-state index contributed by atoms with van der Waals surface area (Å²) in [5, 5.41) is 8.42. The van der Waals surface area contributed by atoms with Crippen LogP contribution in [0.2, 0.25) is 5.02 Å². The molecule has 0 spiro atoms. The van der Waals surface area contributed by atoms with Gasteiger partial charge in [-0.15, -0.1) is 0 Å². The fourth-order valence-electron chi connectivity index (χ4n) is 5.85. The number of fused-ring (bicyclic) bond motifs is 2. The molecule has 4 heterocycles. The van der Waals surface area contributed by atoms with Gasteiger partial charge in [0.25, 0.3) is 0 Å². The maximum atomic E-state index is 12.8. The van der Waals surface area contributed by atoms with Gasteiger partial charge >= 0.3 is 0 Å². The molecule has 1 saturated carbocycles. The van der Waals surface area contributed by atoms with Crippen molar-refractivity contribution in [3.63, 3.8) is 0 Å². The maximum Gasteiger partial charge on any atom is 0.233 e. The SMILES string of the molecule is Cc1cc(Cl)cc(-c2ncnn3cc(CN4C(=O)C5C(C4=O)C5(C)C)cc23)c1C[C@@H]1CNCCO1. The summed E-state index contributed by atoms with van der Waals surface area (Å²) in [4.78, 5) is 31.7. The zero-order valence-electron chi connectivity index (χ0n) is 20.0. The van der Waals surface area contributed by atoms with Gasteiger partial charge in [0.1, 0.15) is 6.33 Å². The second-order valence-electron chi connectivity index (χ2n) is 10.5. The highest BCUT2D eigenvalue weighted by Gasteiger charge is 2.72. The second kappa shape index (κ2) is 8.11. The van der Waals surface area contributed by atoms with Crippen molar-refractivity contribution in [3.8, 4) is 11.3 Å². The highest BCUT2D eigenvalue weighted by Crippen LogP contribution is 2.63. The fraction of sp³-hybridized carbons (Fsp3) is 0.462. The summed E-state index contributed by atoms with van der Waals surface area (Å²) in [5.41, 5.74) is 5.35. The Morgan fingerprint density at radius 1 is 1.20 bits per heavy atom. The second-order valence-corrected chi connectivity index (χ2v) is 10.9. The van der Waals surface area contributed by atoms with Crippen LogP contribution in [-0.4, -0.2) is 57.1 Å². The summed E-state index contributed by atoms with van der Waals surface area (Å²) in [7, 11) is 0. The third-order valence-electron chi connectivity index (χ3n) is 7.82. The first kappa shape index (κ1) is 22.6. The normalized spacial score (nSPS) is 25.4. The van der Waals surface area contributed by atoms with Gasteiger partial charge in [-0.3, -0.25) is 14.5 Å². The molecule has 9 heteroatoms. The minimum Gasteiger partial charge on any atom is -0.375 e. The van der Waals surface area contributed by atoms with Crippen LogP contribution >= 0.6 is 11.6 Å². The van der Waals surface area contributed by atoms with E-state index in [2.05, 4.69) is 22.3 Å². The Morgan fingerprint density at radius 2 is 1.97 bits per heavy atom. The molecule has 1 aliphatic carbocycles. The average molecular weight is 494 g/mol. The molecule has 2 aliphatic heterocycles. The van der Waals surface area contributed by atoms with E-state index in [1.54, 1.807) is 4.52 Å². The van der Waals surface area contributed by atoms with E-state index in [1.807, 2.05) is 38.2 Å². The van der Waals surface area contributed by atoms with Crippen LogP contribution in [0.25, 0.3) is 16.8 Å². The van der Waals surface area contributed by atoms with Crippen molar-refractivity contribution < 1.29 is 14.3 Å². The summed E-state index contributed by atoms with van der Waals surface area (Å²) >= 11 is 6.48. The number of piperidine rings is 1. The summed E-state index contributed by atoms with van der Waals surface area (Å²) in [5.74, 6) is -0.507. The van der Waals surface area contributed by atoms with Crippen LogP contribution in [0.15, 0.2) is 30.7 Å². The van der Waals surface area contributed by atoms with Crippen LogP contribution < -0.4 is 5.32 Å². The molecule has 8 nitrogen and oxygen atoms in total. The summed E-state index contributed by atoms with van der Waals surface area (Å²) in [6.45, 7) is 8.63. The highest BCUT2D eigenvalue weighted by atomic mass is 35.5. The quantitative estimate of drug-likeness (QED) is 0.550. The molecule has 1 N–H and O–H groups in total. The predicted molar refractivity (Wildman–Crippen MR) is 131 cm³/mol. The highest BCUT2D eigenvalue weighted by molar-refractivity contribution is 6.31. The first-order chi connectivity index (χ1) is 16.8. The molecule has 35 heavy (non-hydrogen) atoms. The number of carbonyl (C=O) groups is 2. The van der Waals surface area contributed by atoms with Gasteiger partial charge in [0.05, 0.1) is 42.3 Å². The first-order valence-electron chi connectivity index (χ1n) is 12.0. The third kappa shape index (κ3) is 3.66. The van der Waals surface area contributed by atoms with Crippen LogP contribution in [0, 0.1) is 24.2 Å². The van der Waals surface area contributed by atoms with E-state index in [1.165, 1.54) is 11.2 Å². The molecule has 2 amide bonds. The fourth-order valence-corrected chi connectivity index (χ4v) is 6.13. The number of nitrogens with zero attached hydrogens (tertiary/aromatic N) is 4. The Balaban J connectivity index is 1.35. The molecular weight excluding hydrogens is 466 g/mol. The molecule has 3 aromatic rings. The van der Waals surface area contributed by atoms with Crippen molar-refractivity contribution in [2.75, 3.05) is 19.7 Å². The molecule has 2 unspecified atom stereocenters. The summed E-state index contributed by atoms with van der Waals surface area (Å²) < 4.78 is 7.72. The monoisotopic (exact) mass is 493 g/mol. The first-order valence-corrected chi connectivity index (χ1v) is 12.4. The molecule has 182 valence electrons. The number of ether oxygens (including phenoxy) is 1. The van der Waals surface area contributed by atoms with Crippen molar-refractivity contribution in [2.45, 2.75) is 39.8 Å². The van der Waals surface area contributed by atoms with Gasteiger partial charge in [-0.25, -0.2) is 9.50 Å². The van der Waals surface area contributed by atoms with Gasteiger partial charge in [-0.05, 0) is 47.2 Å². The van der Waals surface area contributed by atoms with E-state index in [0.717, 1.165) is 53.0 Å². The van der Waals surface area contributed by atoms with Crippen molar-refractivity contribution in [1.82, 2.24) is 24.8 Å². The number of morpholine rings is 1. The van der Waals surface area contributed by atoms with E-state index in [0.29, 0.717) is 11.6 Å². The number of halogens is 1. The maximum absolute atomic E-state index is 12.8. The number of hydrogen-bond donors (Lipinski definition) is 1. The van der Waals surface area contributed by atoms with Crippen molar-refractivity contribution in [2.24, 2.45) is 17.3 Å². The molecule has 1 aromatic carbocycles. The van der Waals surface area contributed by atoms with Crippen LogP contribution in [-0.2, 0) is 27.3 Å². The summed E-state index contributed by atoms with van der Waals surface area (Å²) in [6.07, 6.45) is 4.20. The van der Waals surface area contributed by atoms with Gasteiger partial charge in [0.15, 0.2) is 0 Å². The zero-order valence-corrected chi connectivity index (χ0v) is 20.8. The Kier molecular flexibility index (Phi) is 5.25. The average Bonchev–Trinajstić information content (AvgIpc) is 3.07. The number of aryl methyl sites for hydroxylation is 1. The molecular formula is C26H28ClN5O3. The number of imide groups is 1. The number of amides is 2. The lowest BCUT2D eigenvalue weighted by atomic mass is 9.94.